The molecule has 17 heavy (non-hydrogen) atoms. The van der Waals surface area contributed by atoms with E-state index in [4.69, 9.17) is 9.47 Å². The van der Waals surface area contributed by atoms with Gasteiger partial charge in [-0.25, -0.2) is 0 Å². The van der Waals surface area contributed by atoms with Crippen LogP contribution in [0, 0.1) is 0 Å². The normalized spacial score (nSPS) is 15.1. The fourth-order valence-electron chi connectivity index (χ4n) is 1.89. The van der Waals surface area contributed by atoms with Crippen molar-refractivity contribution in [2.24, 2.45) is 0 Å². The lowest BCUT2D eigenvalue weighted by Crippen LogP contribution is -2.29. The maximum atomic E-state index is 11.4. The van der Waals surface area contributed by atoms with Crippen molar-refractivity contribution in [3.05, 3.63) is 24.3 Å². The summed E-state index contributed by atoms with van der Waals surface area (Å²) < 4.78 is 10.6. The van der Waals surface area contributed by atoms with E-state index in [1.54, 1.807) is 7.11 Å². The lowest BCUT2D eigenvalue weighted by atomic mass is 10.3. The van der Waals surface area contributed by atoms with Gasteiger partial charge in [-0.2, -0.15) is 0 Å². The largest absolute Gasteiger partial charge is 0.497 e. The number of likely N-dealkylation sites (tertiary alicyclic amines) is 1. The fraction of sp³-hybridized carbons (Fsp3) is 0.462. The molecule has 4 nitrogen and oxygen atoms in total. The number of rotatable bonds is 5. The Morgan fingerprint density at radius 2 is 1.94 bits per heavy atom. The van der Waals surface area contributed by atoms with Crippen LogP contribution in [-0.4, -0.2) is 37.6 Å². The van der Waals surface area contributed by atoms with Gasteiger partial charge in [-0.1, -0.05) is 0 Å². The second-order valence-corrected chi connectivity index (χ2v) is 4.01. The van der Waals surface area contributed by atoms with Crippen LogP contribution in [0.4, 0.5) is 0 Å². The molecule has 1 aliphatic rings. The van der Waals surface area contributed by atoms with Crippen LogP contribution in [0.1, 0.15) is 12.8 Å². The van der Waals surface area contributed by atoms with Crippen LogP contribution in [0.2, 0.25) is 0 Å². The molecule has 0 atom stereocenters. The van der Waals surface area contributed by atoms with Crippen molar-refractivity contribution in [2.45, 2.75) is 12.8 Å². The molecule has 92 valence electrons. The minimum absolute atomic E-state index is 0.239. The van der Waals surface area contributed by atoms with E-state index in [0.717, 1.165) is 24.5 Å². The van der Waals surface area contributed by atoms with E-state index in [-0.39, 0.29) is 5.91 Å². The van der Waals surface area contributed by atoms with Gasteiger partial charge in [0.25, 0.3) is 0 Å². The van der Waals surface area contributed by atoms with Crippen molar-refractivity contribution in [1.82, 2.24) is 4.90 Å². The van der Waals surface area contributed by atoms with Gasteiger partial charge in [-0.15, -0.1) is 0 Å². The van der Waals surface area contributed by atoms with Crippen LogP contribution in [0.3, 0.4) is 0 Å². The lowest BCUT2D eigenvalue weighted by Gasteiger charge is -2.15. The second-order valence-electron chi connectivity index (χ2n) is 4.01. The molecule has 1 aromatic rings. The molecule has 0 unspecified atom stereocenters. The van der Waals surface area contributed by atoms with Crippen molar-refractivity contribution < 1.29 is 14.3 Å². The number of amides is 1. The molecular weight excluding hydrogens is 218 g/mol. The van der Waals surface area contributed by atoms with Gasteiger partial charge >= 0.3 is 0 Å². The number of carbonyl (C=O) groups excluding carboxylic acids is 1. The number of nitrogens with zero attached hydrogens (tertiary/aromatic N) is 1. The van der Waals surface area contributed by atoms with Crippen molar-refractivity contribution >= 4 is 5.91 Å². The number of hydrogen-bond acceptors (Lipinski definition) is 3. The van der Waals surface area contributed by atoms with Gasteiger partial charge in [0.05, 0.1) is 13.7 Å². The Morgan fingerprint density at radius 1 is 1.24 bits per heavy atom. The number of ether oxygens (including phenoxy) is 2. The molecule has 0 aromatic heterocycles. The predicted molar refractivity (Wildman–Crippen MR) is 64.3 cm³/mol. The quantitative estimate of drug-likeness (QED) is 0.779. The first kappa shape index (κ1) is 11.8. The molecule has 1 saturated heterocycles. The number of benzene rings is 1. The van der Waals surface area contributed by atoms with E-state index in [1.807, 2.05) is 29.2 Å². The summed E-state index contributed by atoms with van der Waals surface area (Å²) in [6.45, 7) is 2.08. The van der Waals surface area contributed by atoms with Crippen molar-refractivity contribution in [3.8, 4) is 11.5 Å². The minimum Gasteiger partial charge on any atom is -0.497 e. The van der Waals surface area contributed by atoms with Crippen LogP contribution in [0.25, 0.3) is 0 Å². The van der Waals surface area contributed by atoms with Crippen molar-refractivity contribution in [3.63, 3.8) is 0 Å². The molecule has 0 aliphatic carbocycles. The van der Waals surface area contributed by atoms with Crippen molar-refractivity contribution in [2.75, 3.05) is 26.8 Å². The zero-order valence-corrected chi connectivity index (χ0v) is 10.0. The maximum Gasteiger partial charge on any atom is 0.222 e. The van der Waals surface area contributed by atoms with Gasteiger partial charge < -0.3 is 14.4 Å². The fourth-order valence-corrected chi connectivity index (χ4v) is 1.89. The Labute approximate surface area is 101 Å². The molecule has 1 amide bonds. The lowest BCUT2D eigenvalue weighted by molar-refractivity contribution is -0.128. The Hall–Kier alpha value is -1.71. The smallest absolute Gasteiger partial charge is 0.222 e. The van der Waals surface area contributed by atoms with Crippen LogP contribution in [-0.2, 0) is 4.79 Å². The number of hydrogen-bond donors (Lipinski definition) is 0. The average Bonchev–Trinajstić information content (AvgIpc) is 2.76. The molecule has 2 rings (SSSR count). The van der Waals surface area contributed by atoms with Gasteiger partial charge in [0, 0.05) is 13.0 Å². The first-order valence-corrected chi connectivity index (χ1v) is 5.84. The van der Waals surface area contributed by atoms with E-state index in [0.29, 0.717) is 19.6 Å². The van der Waals surface area contributed by atoms with E-state index >= 15 is 0 Å². The zero-order valence-electron chi connectivity index (χ0n) is 10.0. The first-order chi connectivity index (χ1) is 8.29. The van der Waals surface area contributed by atoms with E-state index < -0.39 is 0 Å². The van der Waals surface area contributed by atoms with Crippen LogP contribution in [0.5, 0.6) is 11.5 Å². The molecule has 0 bridgehead atoms. The summed E-state index contributed by atoms with van der Waals surface area (Å²) in [7, 11) is 1.63. The Balaban J connectivity index is 1.75. The molecule has 0 spiro atoms. The minimum atomic E-state index is 0.239. The van der Waals surface area contributed by atoms with Gasteiger partial charge in [0.2, 0.25) is 5.91 Å². The van der Waals surface area contributed by atoms with Gasteiger partial charge in [0.1, 0.15) is 18.1 Å². The Morgan fingerprint density at radius 3 is 2.53 bits per heavy atom. The highest BCUT2D eigenvalue weighted by atomic mass is 16.5. The summed E-state index contributed by atoms with van der Waals surface area (Å²) >= 11 is 0. The Bertz CT molecular complexity index is 375. The number of carbonyl (C=O) groups is 1. The third-order valence-electron chi connectivity index (χ3n) is 2.86. The predicted octanol–water partition coefficient (Wildman–Crippen LogP) is 1.70. The monoisotopic (exact) mass is 235 g/mol. The summed E-state index contributed by atoms with van der Waals surface area (Å²) in [5.74, 6) is 1.85. The second kappa shape index (κ2) is 5.57. The SMILES string of the molecule is COc1ccc(OCCN2CCCC2=O)cc1. The van der Waals surface area contributed by atoms with Gasteiger partial charge in [-0.3, -0.25) is 4.79 Å². The molecule has 0 radical (unpaired) electrons. The molecule has 4 heteroatoms. The number of methoxy groups -OCH3 is 1. The highest BCUT2D eigenvalue weighted by Gasteiger charge is 2.19. The summed E-state index contributed by atoms with van der Waals surface area (Å²) in [5.41, 5.74) is 0. The summed E-state index contributed by atoms with van der Waals surface area (Å²) in [4.78, 5) is 13.2. The summed E-state index contributed by atoms with van der Waals surface area (Å²) in [6, 6.07) is 7.45. The maximum absolute atomic E-state index is 11.4. The molecule has 1 heterocycles. The van der Waals surface area contributed by atoms with E-state index in [9.17, 15) is 4.79 Å². The van der Waals surface area contributed by atoms with E-state index in [1.165, 1.54) is 0 Å². The summed E-state index contributed by atoms with van der Waals surface area (Å²) in [6.07, 6.45) is 1.66. The standard InChI is InChI=1S/C13H17NO3/c1-16-11-4-6-12(7-5-11)17-10-9-14-8-2-3-13(14)15/h4-7H,2-3,8-10H2,1H3. The third-order valence-corrected chi connectivity index (χ3v) is 2.86. The molecule has 1 aliphatic heterocycles. The molecular formula is C13H17NO3. The zero-order chi connectivity index (χ0) is 12.1. The van der Waals surface area contributed by atoms with Crippen molar-refractivity contribution in [1.29, 1.82) is 0 Å². The summed E-state index contributed by atoms with van der Waals surface area (Å²) in [5, 5.41) is 0. The molecule has 1 fully saturated rings. The van der Waals surface area contributed by atoms with Crippen LogP contribution in [0.15, 0.2) is 24.3 Å². The topological polar surface area (TPSA) is 38.8 Å². The molecule has 0 N–H and O–H groups in total. The highest BCUT2D eigenvalue weighted by Crippen LogP contribution is 2.17. The average molecular weight is 235 g/mol. The molecule has 1 aromatic carbocycles. The van der Waals surface area contributed by atoms with Gasteiger partial charge in [-0.05, 0) is 30.7 Å². The van der Waals surface area contributed by atoms with Crippen LogP contribution < -0.4 is 9.47 Å². The third kappa shape index (κ3) is 3.12. The highest BCUT2D eigenvalue weighted by molar-refractivity contribution is 5.78. The van der Waals surface area contributed by atoms with Crippen LogP contribution >= 0.6 is 0 Å². The van der Waals surface area contributed by atoms with Gasteiger partial charge in [0.15, 0.2) is 0 Å². The molecule has 0 saturated carbocycles. The Kier molecular flexibility index (Phi) is 3.85. The first-order valence-electron chi connectivity index (χ1n) is 5.84. The van der Waals surface area contributed by atoms with E-state index in [2.05, 4.69) is 0 Å².